The van der Waals surface area contributed by atoms with Gasteiger partial charge in [-0.2, -0.15) is 0 Å². The molecule has 1 amide bonds. The summed E-state index contributed by atoms with van der Waals surface area (Å²) in [5.74, 6) is 1.36. The van der Waals surface area contributed by atoms with E-state index in [2.05, 4.69) is 39.2 Å². The number of fused-ring (bicyclic) bond motifs is 2. The Kier molecular flexibility index (Phi) is 5.87. The van der Waals surface area contributed by atoms with E-state index in [1.807, 2.05) is 29.2 Å². The van der Waals surface area contributed by atoms with E-state index in [0.29, 0.717) is 18.1 Å². The zero-order chi connectivity index (χ0) is 21.9. The van der Waals surface area contributed by atoms with E-state index in [9.17, 15) is 4.79 Å². The van der Waals surface area contributed by atoms with Gasteiger partial charge in [0.2, 0.25) is 0 Å². The zero-order valence-corrected chi connectivity index (χ0v) is 18.2. The fourth-order valence-corrected chi connectivity index (χ4v) is 4.23. The zero-order valence-electron chi connectivity index (χ0n) is 18.2. The molecule has 1 saturated heterocycles. The molecule has 0 unspecified atom stereocenters. The second-order valence-electron chi connectivity index (χ2n) is 8.20. The van der Waals surface area contributed by atoms with Crippen LogP contribution in [0.4, 0.5) is 17.2 Å². The van der Waals surface area contributed by atoms with Crippen molar-refractivity contribution in [2.24, 2.45) is 0 Å². The number of carbonyl (C=O) groups is 1. The molecule has 0 spiro atoms. The molecule has 1 aromatic heterocycles. The van der Waals surface area contributed by atoms with Gasteiger partial charge in [0, 0.05) is 43.3 Å². The van der Waals surface area contributed by atoms with Gasteiger partial charge < -0.3 is 19.7 Å². The Hall–Kier alpha value is -3.23. The molecule has 32 heavy (non-hydrogen) atoms. The molecule has 1 fully saturated rings. The summed E-state index contributed by atoms with van der Waals surface area (Å²) < 4.78 is 11.2. The second-order valence-corrected chi connectivity index (χ2v) is 8.20. The van der Waals surface area contributed by atoms with Gasteiger partial charge in [-0.3, -0.25) is 9.69 Å². The summed E-state index contributed by atoms with van der Waals surface area (Å²) in [6.07, 6.45) is 2.43. The highest BCUT2D eigenvalue weighted by molar-refractivity contribution is 6.03. The fraction of sp³-hybridized carbons (Fsp3) is 0.375. The summed E-state index contributed by atoms with van der Waals surface area (Å²) in [7, 11) is 0. The SMILES string of the molecule is Cc1cccc(Nc2ncnc3cc4c(cc23)N(CCCN2CCOCC2)C(=O)CO4)c1. The second kappa shape index (κ2) is 9.10. The highest BCUT2D eigenvalue weighted by atomic mass is 16.5. The predicted octanol–water partition coefficient (Wildman–Crippen LogP) is 3.13. The lowest BCUT2D eigenvalue weighted by molar-refractivity contribution is -0.121. The first-order valence-electron chi connectivity index (χ1n) is 11.0. The van der Waals surface area contributed by atoms with Crippen LogP contribution in [-0.2, 0) is 9.53 Å². The summed E-state index contributed by atoms with van der Waals surface area (Å²) in [5.41, 5.74) is 3.67. The van der Waals surface area contributed by atoms with Crippen LogP contribution in [0, 0.1) is 6.92 Å². The average molecular weight is 434 g/mol. The summed E-state index contributed by atoms with van der Waals surface area (Å²) in [6.45, 7) is 7.15. The molecule has 1 N–H and O–H groups in total. The van der Waals surface area contributed by atoms with Gasteiger partial charge in [-0.15, -0.1) is 0 Å². The number of ether oxygens (including phenoxy) is 2. The molecule has 2 aromatic carbocycles. The van der Waals surface area contributed by atoms with Crippen molar-refractivity contribution in [2.45, 2.75) is 13.3 Å². The van der Waals surface area contributed by atoms with Crippen molar-refractivity contribution in [3.05, 3.63) is 48.3 Å². The smallest absolute Gasteiger partial charge is 0.265 e. The van der Waals surface area contributed by atoms with Crippen LogP contribution < -0.4 is 15.0 Å². The van der Waals surface area contributed by atoms with Crippen molar-refractivity contribution < 1.29 is 14.3 Å². The lowest BCUT2D eigenvalue weighted by Crippen LogP contribution is -2.42. The summed E-state index contributed by atoms with van der Waals surface area (Å²) in [4.78, 5) is 25.8. The lowest BCUT2D eigenvalue weighted by Gasteiger charge is -2.31. The maximum absolute atomic E-state index is 12.7. The number of aromatic nitrogens is 2. The van der Waals surface area contributed by atoms with Crippen LogP contribution in [0.1, 0.15) is 12.0 Å². The Morgan fingerprint density at radius 2 is 1.97 bits per heavy atom. The number of hydrogen-bond donors (Lipinski definition) is 1. The first-order chi connectivity index (χ1) is 15.7. The number of anilines is 3. The van der Waals surface area contributed by atoms with E-state index in [-0.39, 0.29) is 12.5 Å². The molecule has 3 heterocycles. The first-order valence-corrected chi connectivity index (χ1v) is 11.0. The number of hydrogen-bond acceptors (Lipinski definition) is 7. The third-order valence-electron chi connectivity index (χ3n) is 5.90. The third-order valence-corrected chi connectivity index (χ3v) is 5.90. The number of nitrogens with zero attached hydrogens (tertiary/aromatic N) is 4. The maximum Gasteiger partial charge on any atom is 0.265 e. The molecular formula is C24H27N5O3. The Labute approximate surface area is 187 Å². The highest BCUT2D eigenvalue weighted by Crippen LogP contribution is 2.37. The largest absolute Gasteiger partial charge is 0.481 e. The molecule has 0 bridgehead atoms. The average Bonchev–Trinajstić information content (AvgIpc) is 2.80. The molecule has 0 saturated carbocycles. The van der Waals surface area contributed by atoms with Gasteiger partial charge >= 0.3 is 0 Å². The molecule has 8 heteroatoms. The molecule has 3 aromatic rings. The monoisotopic (exact) mass is 433 g/mol. The molecule has 0 atom stereocenters. The number of carbonyl (C=O) groups excluding carboxylic acids is 1. The number of aryl methyl sites for hydroxylation is 1. The minimum absolute atomic E-state index is 0.0242. The van der Waals surface area contributed by atoms with Gasteiger partial charge in [0.15, 0.2) is 6.61 Å². The summed E-state index contributed by atoms with van der Waals surface area (Å²) in [6, 6.07) is 12.0. The van der Waals surface area contributed by atoms with Crippen LogP contribution in [0.5, 0.6) is 5.75 Å². The topological polar surface area (TPSA) is 79.8 Å². The molecule has 166 valence electrons. The Bertz CT molecular complexity index is 1130. The molecule has 5 rings (SSSR count). The quantitative estimate of drug-likeness (QED) is 0.640. The molecule has 0 radical (unpaired) electrons. The lowest BCUT2D eigenvalue weighted by atomic mass is 10.1. The van der Waals surface area contributed by atoms with E-state index in [0.717, 1.165) is 67.1 Å². The number of morpholine rings is 1. The van der Waals surface area contributed by atoms with Crippen LogP contribution in [0.15, 0.2) is 42.7 Å². The van der Waals surface area contributed by atoms with Crippen molar-refractivity contribution in [2.75, 3.05) is 56.2 Å². The van der Waals surface area contributed by atoms with Gasteiger partial charge in [0.05, 0.1) is 24.4 Å². The number of nitrogens with one attached hydrogen (secondary N) is 1. The van der Waals surface area contributed by atoms with Crippen LogP contribution in [0.3, 0.4) is 0 Å². The fourth-order valence-electron chi connectivity index (χ4n) is 4.23. The van der Waals surface area contributed by atoms with Crippen molar-refractivity contribution in [3.63, 3.8) is 0 Å². The van der Waals surface area contributed by atoms with Gasteiger partial charge in [-0.05, 0) is 37.1 Å². The molecule has 2 aliphatic rings. The van der Waals surface area contributed by atoms with Crippen molar-refractivity contribution >= 4 is 34.0 Å². The standard InChI is InChI=1S/C24H27N5O3/c1-17-4-2-5-18(12-17)27-24-19-13-21-22(14-20(19)25-16-26-24)32-15-23(30)29(21)7-3-6-28-8-10-31-11-9-28/h2,4-5,12-14,16H,3,6-11,15H2,1H3,(H,25,26,27). The Morgan fingerprint density at radius 3 is 2.81 bits per heavy atom. The predicted molar refractivity (Wildman–Crippen MR) is 124 cm³/mol. The Balaban J connectivity index is 1.41. The summed E-state index contributed by atoms with van der Waals surface area (Å²) >= 11 is 0. The minimum Gasteiger partial charge on any atom is -0.481 e. The van der Waals surface area contributed by atoms with Crippen molar-refractivity contribution in [1.82, 2.24) is 14.9 Å². The molecule has 8 nitrogen and oxygen atoms in total. The first kappa shape index (κ1) is 20.7. The van der Waals surface area contributed by atoms with E-state index < -0.39 is 0 Å². The number of rotatable bonds is 6. The van der Waals surface area contributed by atoms with E-state index in [1.165, 1.54) is 0 Å². The Morgan fingerprint density at radius 1 is 1.09 bits per heavy atom. The van der Waals surface area contributed by atoms with Crippen LogP contribution >= 0.6 is 0 Å². The van der Waals surface area contributed by atoms with Crippen LogP contribution in [-0.4, -0.2) is 66.8 Å². The van der Waals surface area contributed by atoms with Crippen molar-refractivity contribution in [3.8, 4) is 5.75 Å². The molecule has 0 aliphatic carbocycles. The van der Waals surface area contributed by atoms with Gasteiger partial charge in [0.25, 0.3) is 5.91 Å². The van der Waals surface area contributed by atoms with Crippen molar-refractivity contribution in [1.29, 1.82) is 0 Å². The summed E-state index contributed by atoms with van der Waals surface area (Å²) in [5, 5.41) is 4.24. The van der Waals surface area contributed by atoms with E-state index in [1.54, 1.807) is 6.33 Å². The highest BCUT2D eigenvalue weighted by Gasteiger charge is 2.27. The van der Waals surface area contributed by atoms with E-state index in [4.69, 9.17) is 9.47 Å². The third kappa shape index (κ3) is 4.37. The maximum atomic E-state index is 12.7. The van der Waals surface area contributed by atoms with Crippen LogP contribution in [0.2, 0.25) is 0 Å². The normalized spacial score (nSPS) is 16.7. The van der Waals surface area contributed by atoms with E-state index >= 15 is 0 Å². The van der Waals surface area contributed by atoms with Crippen LogP contribution in [0.25, 0.3) is 10.9 Å². The number of amides is 1. The van der Waals surface area contributed by atoms with Gasteiger partial charge in [-0.25, -0.2) is 9.97 Å². The number of benzene rings is 2. The van der Waals surface area contributed by atoms with Gasteiger partial charge in [0.1, 0.15) is 17.9 Å². The molecule has 2 aliphatic heterocycles. The molecular weight excluding hydrogens is 406 g/mol. The van der Waals surface area contributed by atoms with Gasteiger partial charge in [-0.1, -0.05) is 12.1 Å². The minimum atomic E-state index is -0.0242.